The molecule has 0 rings (SSSR count). The van der Waals surface area contributed by atoms with Crippen molar-refractivity contribution in [2.24, 2.45) is 11.7 Å². The number of carbonyl (C=O) groups is 1. The molecule has 2 atom stereocenters. The zero-order valence-corrected chi connectivity index (χ0v) is 9.63. The summed E-state index contributed by atoms with van der Waals surface area (Å²) in [6.07, 6.45) is 0. The second-order valence-corrected chi connectivity index (χ2v) is 3.97. The average molecular weight is 201 g/mol. The van der Waals surface area contributed by atoms with Gasteiger partial charge in [-0.2, -0.15) is 0 Å². The summed E-state index contributed by atoms with van der Waals surface area (Å²) in [5, 5.41) is 6.04. The molecule has 84 valence electrons. The van der Waals surface area contributed by atoms with Gasteiger partial charge in [0, 0.05) is 12.6 Å². The van der Waals surface area contributed by atoms with E-state index in [4.69, 9.17) is 5.73 Å². The van der Waals surface area contributed by atoms with E-state index < -0.39 is 6.04 Å². The summed E-state index contributed by atoms with van der Waals surface area (Å²) in [6, 6.07) is -0.105. The van der Waals surface area contributed by atoms with Crippen LogP contribution in [0.25, 0.3) is 0 Å². The van der Waals surface area contributed by atoms with Crippen LogP contribution in [0.2, 0.25) is 0 Å². The third-order valence-corrected chi connectivity index (χ3v) is 2.16. The van der Waals surface area contributed by atoms with E-state index in [1.165, 1.54) is 0 Å². The van der Waals surface area contributed by atoms with E-state index >= 15 is 0 Å². The Kier molecular flexibility index (Phi) is 6.49. The van der Waals surface area contributed by atoms with Crippen molar-refractivity contribution in [3.8, 4) is 0 Å². The van der Waals surface area contributed by atoms with Gasteiger partial charge in [-0.3, -0.25) is 4.79 Å². The molecular formula is C10H23N3O. The largest absolute Gasteiger partial charge is 0.353 e. The molecule has 14 heavy (non-hydrogen) atoms. The van der Waals surface area contributed by atoms with Crippen LogP contribution in [0.5, 0.6) is 0 Å². The first kappa shape index (κ1) is 13.4. The maximum absolute atomic E-state index is 11.4. The van der Waals surface area contributed by atoms with Gasteiger partial charge in [-0.05, 0) is 19.4 Å². The maximum Gasteiger partial charge on any atom is 0.237 e. The van der Waals surface area contributed by atoms with Crippen molar-refractivity contribution in [1.29, 1.82) is 0 Å². The zero-order valence-electron chi connectivity index (χ0n) is 9.63. The number of rotatable bonds is 6. The van der Waals surface area contributed by atoms with Gasteiger partial charge in [0.1, 0.15) is 0 Å². The van der Waals surface area contributed by atoms with Crippen molar-refractivity contribution >= 4 is 5.91 Å². The molecule has 0 aromatic heterocycles. The monoisotopic (exact) mass is 201 g/mol. The van der Waals surface area contributed by atoms with Crippen molar-refractivity contribution < 1.29 is 4.79 Å². The van der Waals surface area contributed by atoms with Crippen LogP contribution in [0.3, 0.4) is 0 Å². The van der Waals surface area contributed by atoms with E-state index in [0.29, 0.717) is 12.6 Å². The zero-order chi connectivity index (χ0) is 11.1. The number of nitrogens with two attached hydrogens (primary N) is 1. The number of amides is 1. The molecule has 4 N–H and O–H groups in total. The first-order valence-electron chi connectivity index (χ1n) is 5.25. The topological polar surface area (TPSA) is 67.1 Å². The van der Waals surface area contributed by atoms with Crippen molar-refractivity contribution in [3.05, 3.63) is 0 Å². The predicted molar refractivity (Wildman–Crippen MR) is 59.0 cm³/mol. The Morgan fingerprint density at radius 3 is 2.36 bits per heavy atom. The summed E-state index contributed by atoms with van der Waals surface area (Å²) < 4.78 is 0. The Labute approximate surface area is 86.6 Å². The molecular weight excluding hydrogens is 178 g/mol. The summed E-state index contributed by atoms with van der Waals surface area (Å²) in [6.45, 7) is 9.50. The number of hydrogen-bond acceptors (Lipinski definition) is 3. The second-order valence-electron chi connectivity index (χ2n) is 3.97. The maximum atomic E-state index is 11.4. The van der Waals surface area contributed by atoms with Gasteiger partial charge in [0.2, 0.25) is 5.91 Å². The molecule has 0 aromatic rings. The highest BCUT2D eigenvalue weighted by molar-refractivity contribution is 5.81. The third-order valence-electron chi connectivity index (χ3n) is 2.16. The summed E-state index contributed by atoms with van der Waals surface area (Å²) in [4.78, 5) is 11.4. The molecule has 0 saturated heterocycles. The summed E-state index contributed by atoms with van der Waals surface area (Å²) in [7, 11) is 0. The van der Waals surface area contributed by atoms with E-state index in [0.717, 1.165) is 6.54 Å². The van der Waals surface area contributed by atoms with Crippen LogP contribution in [-0.4, -0.2) is 31.1 Å². The van der Waals surface area contributed by atoms with Gasteiger partial charge in [-0.1, -0.05) is 20.8 Å². The van der Waals surface area contributed by atoms with Crippen molar-refractivity contribution in [1.82, 2.24) is 10.6 Å². The Morgan fingerprint density at radius 2 is 1.93 bits per heavy atom. The SMILES string of the molecule is CCN[C@H](C)CNC(=O)[C@@H](N)C(C)C. The molecule has 0 aromatic carbocycles. The minimum absolute atomic E-state index is 0.0650. The molecule has 0 fully saturated rings. The Balaban J connectivity index is 3.73. The van der Waals surface area contributed by atoms with Crippen LogP contribution in [0, 0.1) is 5.92 Å². The minimum Gasteiger partial charge on any atom is -0.353 e. The lowest BCUT2D eigenvalue weighted by molar-refractivity contribution is -0.123. The molecule has 0 radical (unpaired) electrons. The van der Waals surface area contributed by atoms with E-state index in [1.807, 2.05) is 27.7 Å². The molecule has 4 nitrogen and oxygen atoms in total. The molecule has 0 heterocycles. The highest BCUT2D eigenvalue weighted by atomic mass is 16.2. The average Bonchev–Trinajstić information content (AvgIpc) is 2.13. The van der Waals surface area contributed by atoms with E-state index in [2.05, 4.69) is 10.6 Å². The fraction of sp³-hybridized carbons (Fsp3) is 0.900. The standard InChI is InChI=1S/C10H23N3O/c1-5-12-8(4)6-13-10(14)9(11)7(2)3/h7-9,12H,5-6,11H2,1-4H3,(H,13,14)/t8-,9+/m1/s1. The Bertz CT molecular complexity index is 171. The van der Waals surface area contributed by atoms with Crippen LogP contribution < -0.4 is 16.4 Å². The fourth-order valence-corrected chi connectivity index (χ4v) is 1.09. The molecule has 0 aliphatic heterocycles. The molecule has 0 unspecified atom stereocenters. The van der Waals surface area contributed by atoms with Crippen LogP contribution in [-0.2, 0) is 4.79 Å². The van der Waals surface area contributed by atoms with Gasteiger partial charge in [0.25, 0.3) is 0 Å². The lowest BCUT2D eigenvalue weighted by Crippen LogP contribution is -2.47. The molecule has 0 spiro atoms. The first-order valence-corrected chi connectivity index (χ1v) is 5.25. The summed E-state index contributed by atoms with van der Waals surface area (Å²) in [5.41, 5.74) is 5.69. The van der Waals surface area contributed by atoms with Gasteiger partial charge in [-0.25, -0.2) is 0 Å². The van der Waals surface area contributed by atoms with Gasteiger partial charge in [0.05, 0.1) is 6.04 Å². The lowest BCUT2D eigenvalue weighted by atomic mass is 10.1. The van der Waals surface area contributed by atoms with E-state index in [1.54, 1.807) is 0 Å². The number of carbonyl (C=O) groups excluding carboxylic acids is 1. The second kappa shape index (κ2) is 6.79. The van der Waals surface area contributed by atoms with Gasteiger partial charge < -0.3 is 16.4 Å². The normalized spacial score (nSPS) is 15.3. The smallest absolute Gasteiger partial charge is 0.237 e. The van der Waals surface area contributed by atoms with Gasteiger partial charge >= 0.3 is 0 Å². The minimum atomic E-state index is -0.399. The fourth-order valence-electron chi connectivity index (χ4n) is 1.09. The number of likely N-dealkylation sites (N-methyl/N-ethyl adjacent to an activating group) is 1. The molecule has 0 bridgehead atoms. The highest BCUT2D eigenvalue weighted by Gasteiger charge is 2.16. The quantitative estimate of drug-likeness (QED) is 0.570. The number of hydrogen-bond donors (Lipinski definition) is 3. The van der Waals surface area contributed by atoms with Crippen LogP contribution >= 0.6 is 0 Å². The van der Waals surface area contributed by atoms with E-state index in [9.17, 15) is 4.79 Å². The third kappa shape index (κ3) is 5.19. The molecule has 4 heteroatoms. The Hall–Kier alpha value is -0.610. The Morgan fingerprint density at radius 1 is 1.36 bits per heavy atom. The van der Waals surface area contributed by atoms with Crippen molar-refractivity contribution in [2.45, 2.75) is 39.8 Å². The predicted octanol–water partition coefficient (Wildman–Crippen LogP) is 0.0839. The molecule has 0 saturated carbocycles. The van der Waals surface area contributed by atoms with Crippen LogP contribution in [0.15, 0.2) is 0 Å². The number of nitrogens with one attached hydrogen (secondary N) is 2. The van der Waals surface area contributed by atoms with Gasteiger partial charge in [-0.15, -0.1) is 0 Å². The van der Waals surface area contributed by atoms with Gasteiger partial charge in [0.15, 0.2) is 0 Å². The lowest BCUT2D eigenvalue weighted by Gasteiger charge is -2.18. The van der Waals surface area contributed by atoms with Crippen LogP contribution in [0.1, 0.15) is 27.7 Å². The molecule has 0 aliphatic carbocycles. The summed E-state index contributed by atoms with van der Waals surface area (Å²) >= 11 is 0. The van der Waals surface area contributed by atoms with Crippen molar-refractivity contribution in [2.75, 3.05) is 13.1 Å². The molecule has 1 amide bonds. The van der Waals surface area contributed by atoms with Crippen LogP contribution in [0.4, 0.5) is 0 Å². The van der Waals surface area contributed by atoms with Crippen molar-refractivity contribution in [3.63, 3.8) is 0 Å². The van der Waals surface area contributed by atoms with E-state index in [-0.39, 0.29) is 11.8 Å². The first-order chi connectivity index (χ1) is 6.49. The summed E-state index contributed by atoms with van der Waals surface area (Å²) in [5.74, 6) is 0.120. The molecule has 0 aliphatic rings. The highest BCUT2D eigenvalue weighted by Crippen LogP contribution is 1.97.